The van der Waals surface area contributed by atoms with Crippen molar-refractivity contribution < 1.29 is 4.79 Å². The summed E-state index contributed by atoms with van der Waals surface area (Å²) in [6.45, 7) is 5.82. The summed E-state index contributed by atoms with van der Waals surface area (Å²) in [5, 5.41) is 3.44. The number of piperazine rings is 1. The molecule has 0 atom stereocenters. The Labute approximate surface area is 209 Å². The third-order valence-corrected chi connectivity index (χ3v) is 6.38. The van der Waals surface area contributed by atoms with E-state index in [0.717, 1.165) is 72.9 Å². The number of benzene rings is 3. The maximum atomic E-state index is 13.3. The fourth-order valence-corrected chi connectivity index (χ4v) is 4.24. The standard InChI is InChI=1S/C30H36N4O/c1-32(2)15-14-31-28-11-7-8-24(20-28)12-13-30(35)27-21-26(25-9-5-4-6-10-25)22-29(23-27)34-18-16-33(3)17-19-34/h4-13,20-23,31H,14-19H2,1-3H3/b13-12+. The van der Waals surface area contributed by atoms with Crippen LogP contribution in [0.3, 0.4) is 0 Å². The molecule has 3 aromatic rings. The fourth-order valence-electron chi connectivity index (χ4n) is 4.24. The lowest BCUT2D eigenvalue weighted by Crippen LogP contribution is -2.44. The van der Waals surface area contributed by atoms with E-state index in [1.807, 2.05) is 48.5 Å². The number of rotatable bonds is 9. The van der Waals surface area contributed by atoms with Crippen LogP contribution in [-0.2, 0) is 0 Å². The van der Waals surface area contributed by atoms with Gasteiger partial charge in [0, 0.05) is 56.2 Å². The van der Waals surface area contributed by atoms with Crippen LogP contribution >= 0.6 is 0 Å². The molecule has 1 aliphatic heterocycles. The molecule has 1 saturated heterocycles. The van der Waals surface area contributed by atoms with Crippen molar-refractivity contribution in [2.75, 3.05) is 70.6 Å². The smallest absolute Gasteiger partial charge is 0.185 e. The van der Waals surface area contributed by atoms with E-state index < -0.39 is 0 Å². The Balaban J connectivity index is 1.56. The molecule has 1 heterocycles. The molecule has 0 aromatic heterocycles. The van der Waals surface area contributed by atoms with Gasteiger partial charge in [0.15, 0.2) is 5.78 Å². The third kappa shape index (κ3) is 7.04. The highest BCUT2D eigenvalue weighted by molar-refractivity contribution is 6.08. The molecule has 0 spiro atoms. The van der Waals surface area contributed by atoms with E-state index in [9.17, 15) is 4.79 Å². The van der Waals surface area contributed by atoms with E-state index in [1.165, 1.54) is 0 Å². The first-order chi connectivity index (χ1) is 17.0. The second kappa shape index (κ2) is 11.8. The monoisotopic (exact) mass is 468 g/mol. The molecule has 4 rings (SSSR count). The van der Waals surface area contributed by atoms with Crippen LogP contribution in [0.1, 0.15) is 15.9 Å². The number of likely N-dealkylation sites (N-methyl/N-ethyl adjacent to an activating group) is 2. The zero-order chi connectivity index (χ0) is 24.6. The van der Waals surface area contributed by atoms with Crippen LogP contribution in [-0.4, -0.2) is 76.0 Å². The molecule has 0 radical (unpaired) electrons. The molecule has 1 N–H and O–H groups in total. The van der Waals surface area contributed by atoms with Crippen LogP contribution in [0.5, 0.6) is 0 Å². The number of nitrogens with zero attached hydrogens (tertiary/aromatic N) is 3. The van der Waals surface area contributed by atoms with Crippen molar-refractivity contribution in [2.45, 2.75) is 0 Å². The average Bonchev–Trinajstić information content (AvgIpc) is 2.88. The van der Waals surface area contributed by atoms with E-state index in [0.29, 0.717) is 0 Å². The predicted octanol–water partition coefficient (Wildman–Crippen LogP) is 4.98. The number of carbonyl (C=O) groups is 1. The van der Waals surface area contributed by atoms with Gasteiger partial charge in [-0.3, -0.25) is 4.79 Å². The molecule has 0 aliphatic carbocycles. The summed E-state index contributed by atoms with van der Waals surface area (Å²) in [5.74, 6) is 0.0177. The Morgan fingerprint density at radius 1 is 0.914 bits per heavy atom. The molecule has 1 aliphatic rings. The molecule has 182 valence electrons. The third-order valence-electron chi connectivity index (χ3n) is 6.38. The number of hydrogen-bond acceptors (Lipinski definition) is 5. The Kier molecular flexibility index (Phi) is 8.35. The number of ketones is 1. The van der Waals surface area contributed by atoms with Gasteiger partial charge in [-0.2, -0.15) is 0 Å². The number of hydrogen-bond donors (Lipinski definition) is 1. The Morgan fingerprint density at radius 2 is 1.69 bits per heavy atom. The van der Waals surface area contributed by atoms with Gasteiger partial charge in [-0.25, -0.2) is 0 Å². The van der Waals surface area contributed by atoms with Crippen molar-refractivity contribution in [2.24, 2.45) is 0 Å². The SMILES string of the molecule is CN(C)CCNc1cccc(/C=C/C(=O)c2cc(-c3ccccc3)cc(N3CCN(C)CC3)c2)c1. The molecule has 35 heavy (non-hydrogen) atoms. The van der Waals surface area contributed by atoms with Crippen molar-refractivity contribution in [1.29, 1.82) is 0 Å². The van der Waals surface area contributed by atoms with Crippen molar-refractivity contribution in [3.05, 3.63) is 90.0 Å². The second-order valence-electron chi connectivity index (χ2n) is 9.48. The van der Waals surface area contributed by atoms with Crippen molar-refractivity contribution in [3.63, 3.8) is 0 Å². The summed E-state index contributed by atoms with van der Waals surface area (Å²) in [6, 6.07) is 24.7. The number of carbonyl (C=O) groups excluding carboxylic acids is 1. The molecular weight excluding hydrogens is 432 g/mol. The minimum Gasteiger partial charge on any atom is -0.384 e. The van der Waals surface area contributed by atoms with Crippen LogP contribution in [0, 0.1) is 0 Å². The normalized spacial score (nSPS) is 14.6. The first kappa shape index (κ1) is 24.7. The van der Waals surface area contributed by atoms with Gasteiger partial charge >= 0.3 is 0 Å². The summed E-state index contributed by atoms with van der Waals surface area (Å²) in [7, 11) is 6.28. The van der Waals surface area contributed by atoms with E-state index in [4.69, 9.17) is 0 Å². The number of nitrogens with one attached hydrogen (secondary N) is 1. The molecule has 0 saturated carbocycles. The molecule has 0 bridgehead atoms. The van der Waals surface area contributed by atoms with Gasteiger partial charge < -0.3 is 20.0 Å². The topological polar surface area (TPSA) is 38.8 Å². The zero-order valence-electron chi connectivity index (χ0n) is 21.1. The maximum Gasteiger partial charge on any atom is 0.185 e. The lowest BCUT2D eigenvalue weighted by molar-refractivity contribution is 0.104. The molecular formula is C30H36N4O. The highest BCUT2D eigenvalue weighted by atomic mass is 16.1. The minimum absolute atomic E-state index is 0.0177. The first-order valence-corrected chi connectivity index (χ1v) is 12.3. The Morgan fingerprint density at radius 3 is 2.43 bits per heavy atom. The van der Waals surface area contributed by atoms with Crippen molar-refractivity contribution >= 4 is 23.2 Å². The quantitative estimate of drug-likeness (QED) is 0.354. The van der Waals surface area contributed by atoms with Crippen LogP contribution in [0.25, 0.3) is 17.2 Å². The molecule has 1 fully saturated rings. The minimum atomic E-state index is 0.0177. The maximum absolute atomic E-state index is 13.3. The Bertz CT molecular complexity index is 1150. The lowest BCUT2D eigenvalue weighted by atomic mass is 9.99. The summed E-state index contributed by atoms with van der Waals surface area (Å²) in [6.07, 6.45) is 3.60. The summed E-state index contributed by atoms with van der Waals surface area (Å²) in [4.78, 5) is 20.2. The second-order valence-corrected chi connectivity index (χ2v) is 9.48. The molecule has 5 nitrogen and oxygen atoms in total. The van der Waals surface area contributed by atoms with E-state index in [2.05, 4.69) is 71.5 Å². The lowest BCUT2D eigenvalue weighted by Gasteiger charge is -2.34. The predicted molar refractivity (Wildman–Crippen MR) is 148 cm³/mol. The average molecular weight is 469 g/mol. The van der Waals surface area contributed by atoms with Gasteiger partial charge in [-0.05, 0) is 74.2 Å². The van der Waals surface area contributed by atoms with Crippen LogP contribution in [0.15, 0.2) is 78.9 Å². The van der Waals surface area contributed by atoms with Gasteiger partial charge in [-0.1, -0.05) is 48.5 Å². The van der Waals surface area contributed by atoms with Gasteiger partial charge in [0.25, 0.3) is 0 Å². The molecule has 3 aromatic carbocycles. The van der Waals surface area contributed by atoms with E-state index in [-0.39, 0.29) is 5.78 Å². The van der Waals surface area contributed by atoms with E-state index in [1.54, 1.807) is 6.08 Å². The molecule has 5 heteroatoms. The highest BCUT2D eigenvalue weighted by Crippen LogP contribution is 2.28. The van der Waals surface area contributed by atoms with Gasteiger partial charge in [0.2, 0.25) is 0 Å². The van der Waals surface area contributed by atoms with Crippen LogP contribution in [0.2, 0.25) is 0 Å². The van der Waals surface area contributed by atoms with Crippen molar-refractivity contribution in [3.8, 4) is 11.1 Å². The summed E-state index contributed by atoms with van der Waals surface area (Å²) < 4.78 is 0. The number of anilines is 2. The summed E-state index contributed by atoms with van der Waals surface area (Å²) >= 11 is 0. The van der Waals surface area contributed by atoms with E-state index >= 15 is 0 Å². The van der Waals surface area contributed by atoms with Crippen LogP contribution < -0.4 is 10.2 Å². The fraction of sp³-hybridized carbons (Fsp3) is 0.300. The Hall–Kier alpha value is -3.41. The largest absolute Gasteiger partial charge is 0.384 e. The van der Waals surface area contributed by atoms with Gasteiger partial charge in [0.05, 0.1) is 0 Å². The van der Waals surface area contributed by atoms with Crippen molar-refractivity contribution in [1.82, 2.24) is 9.80 Å². The molecule has 0 unspecified atom stereocenters. The number of allylic oxidation sites excluding steroid dienone is 1. The van der Waals surface area contributed by atoms with Gasteiger partial charge in [-0.15, -0.1) is 0 Å². The highest BCUT2D eigenvalue weighted by Gasteiger charge is 2.17. The first-order valence-electron chi connectivity index (χ1n) is 12.3. The van der Waals surface area contributed by atoms with Crippen LogP contribution in [0.4, 0.5) is 11.4 Å². The zero-order valence-corrected chi connectivity index (χ0v) is 21.1. The molecule has 0 amide bonds. The van der Waals surface area contributed by atoms with Gasteiger partial charge in [0.1, 0.15) is 0 Å². The summed E-state index contributed by atoms with van der Waals surface area (Å²) in [5.41, 5.74) is 6.10.